The van der Waals surface area contributed by atoms with Crippen LogP contribution in [0.4, 0.5) is 4.79 Å². The predicted molar refractivity (Wildman–Crippen MR) is 82.2 cm³/mol. The van der Waals surface area contributed by atoms with Crippen molar-refractivity contribution in [2.45, 2.75) is 25.2 Å². The van der Waals surface area contributed by atoms with Crippen LogP contribution in [-0.4, -0.2) is 36.5 Å². The molecule has 1 aromatic carbocycles. The van der Waals surface area contributed by atoms with Crippen LogP contribution in [0.1, 0.15) is 30.7 Å². The van der Waals surface area contributed by atoms with Crippen molar-refractivity contribution >= 4 is 23.5 Å². The number of hydrogen-bond donors (Lipinski definition) is 2. The lowest BCUT2D eigenvalue weighted by Crippen LogP contribution is -2.39. The molecular formula is C15H20ClN3O2. The van der Waals surface area contributed by atoms with Gasteiger partial charge in [-0.05, 0) is 49.5 Å². The maximum absolute atomic E-state index is 11.4. The number of rotatable bonds is 4. The Morgan fingerprint density at radius 3 is 2.43 bits per heavy atom. The maximum Gasteiger partial charge on any atom is 0.318 e. The molecule has 3 N–H and O–H groups in total. The second-order valence-corrected chi connectivity index (χ2v) is 5.77. The molecule has 114 valence electrons. The molecule has 1 saturated heterocycles. The molecule has 0 bridgehead atoms. The normalized spacial score (nSPS) is 16.6. The second kappa shape index (κ2) is 7.43. The summed E-state index contributed by atoms with van der Waals surface area (Å²) in [5, 5.41) is 2.84. The van der Waals surface area contributed by atoms with E-state index < -0.39 is 6.03 Å². The molecule has 6 heteroatoms. The van der Waals surface area contributed by atoms with Crippen LogP contribution in [0.2, 0.25) is 5.02 Å². The van der Waals surface area contributed by atoms with Gasteiger partial charge in [0.1, 0.15) is 0 Å². The molecule has 0 atom stereocenters. The van der Waals surface area contributed by atoms with Crippen molar-refractivity contribution in [1.29, 1.82) is 0 Å². The van der Waals surface area contributed by atoms with Gasteiger partial charge in [-0.3, -0.25) is 10.1 Å². The molecule has 5 nitrogen and oxygen atoms in total. The lowest BCUT2D eigenvalue weighted by atomic mass is 9.89. The van der Waals surface area contributed by atoms with Crippen molar-refractivity contribution in [3.05, 3.63) is 34.9 Å². The Kier molecular flexibility index (Phi) is 5.59. The summed E-state index contributed by atoms with van der Waals surface area (Å²) in [6.45, 7) is 2.57. The van der Waals surface area contributed by atoms with E-state index in [1.54, 1.807) is 0 Å². The van der Waals surface area contributed by atoms with Crippen molar-refractivity contribution in [2.24, 2.45) is 5.73 Å². The van der Waals surface area contributed by atoms with Crippen LogP contribution in [0.5, 0.6) is 0 Å². The third kappa shape index (κ3) is 5.02. The highest BCUT2D eigenvalue weighted by molar-refractivity contribution is 6.30. The number of benzene rings is 1. The summed E-state index contributed by atoms with van der Waals surface area (Å²) in [5.41, 5.74) is 6.23. The van der Waals surface area contributed by atoms with Gasteiger partial charge < -0.3 is 10.6 Å². The van der Waals surface area contributed by atoms with Gasteiger partial charge >= 0.3 is 6.03 Å². The number of urea groups is 1. The first kappa shape index (κ1) is 15.8. The highest BCUT2D eigenvalue weighted by Crippen LogP contribution is 2.28. The molecule has 0 aromatic heterocycles. The number of amides is 3. The summed E-state index contributed by atoms with van der Waals surface area (Å²) in [6, 6.07) is 7.24. The Hall–Kier alpha value is -1.59. The number of carbonyl (C=O) groups excluding carboxylic acids is 2. The number of likely N-dealkylation sites (tertiary alicyclic amines) is 1. The van der Waals surface area contributed by atoms with Crippen LogP contribution in [-0.2, 0) is 4.79 Å². The number of halogens is 1. The van der Waals surface area contributed by atoms with E-state index in [0.717, 1.165) is 31.0 Å². The first-order valence-corrected chi connectivity index (χ1v) is 7.49. The number of imide groups is 1. The summed E-state index contributed by atoms with van der Waals surface area (Å²) in [6.07, 6.45) is 2.44. The molecule has 0 unspecified atom stereocenters. The summed E-state index contributed by atoms with van der Waals surface area (Å²) in [5.74, 6) is 0.236. The van der Waals surface area contributed by atoms with Crippen molar-refractivity contribution in [1.82, 2.24) is 10.2 Å². The van der Waals surface area contributed by atoms with Crippen LogP contribution >= 0.6 is 11.6 Å². The number of hydrogen-bond acceptors (Lipinski definition) is 3. The molecule has 2 rings (SSSR count). The minimum atomic E-state index is -0.790. The zero-order valence-corrected chi connectivity index (χ0v) is 12.6. The van der Waals surface area contributed by atoms with Gasteiger partial charge in [-0.1, -0.05) is 23.7 Å². The smallest absolute Gasteiger partial charge is 0.318 e. The molecule has 0 spiro atoms. The number of nitrogens with one attached hydrogen (secondary N) is 1. The zero-order valence-electron chi connectivity index (χ0n) is 11.8. The third-order valence-electron chi connectivity index (χ3n) is 3.85. The predicted octanol–water partition coefficient (Wildman–Crippen LogP) is 2.10. The van der Waals surface area contributed by atoms with E-state index in [9.17, 15) is 9.59 Å². The minimum Gasteiger partial charge on any atom is -0.351 e. The molecule has 0 aliphatic carbocycles. The zero-order chi connectivity index (χ0) is 15.2. The van der Waals surface area contributed by atoms with Gasteiger partial charge in [0.15, 0.2) is 0 Å². The van der Waals surface area contributed by atoms with Crippen molar-refractivity contribution in [2.75, 3.05) is 19.6 Å². The van der Waals surface area contributed by atoms with Crippen molar-refractivity contribution in [3.63, 3.8) is 0 Å². The quantitative estimate of drug-likeness (QED) is 0.894. The number of carbonyl (C=O) groups is 2. The summed E-state index contributed by atoms with van der Waals surface area (Å²) >= 11 is 5.90. The topological polar surface area (TPSA) is 75.4 Å². The first-order valence-electron chi connectivity index (χ1n) is 7.11. The van der Waals surface area contributed by atoms with Crippen LogP contribution < -0.4 is 11.1 Å². The molecule has 0 saturated carbocycles. The van der Waals surface area contributed by atoms with Gasteiger partial charge in [-0.15, -0.1) is 0 Å². The highest BCUT2D eigenvalue weighted by Gasteiger charge is 2.20. The minimum absolute atomic E-state index is 0.300. The SMILES string of the molecule is NC(=O)NC(=O)CCN1CCC(c2ccc(Cl)cc2)CC1. The molecule has 1 aromatic rings. The van der Waals surface area contributed by atoms with Gasteiger partial charge in [-0.2, -0.15) is 0 Å². The average Bonchev–Trinajstić information content (AvgIpc) is 2.46. The highest BCUT2D eigenvalue weighted by atomic mass is 35.5. The standard InChI is InChI=1S/C15H20ClN3O2/c16-13-3-1-11(2-4-13)12-5-8-19(9-6-12)10-7-14(20)18-15(17)21/h1-4,12H,5-10H2,(H3,17,18,20,21). The number of nitrogens with two attached hydrogens (primary N) is 1. The Morgan fingerprint density at radius 2 is 1.86 bits per heavy atom. The van der Waals surface area contributed by atoms with Gasteiger partial charge in [-0.25, -0.2) is 4.79 Å². The maximum atomic E-state index is 11.4. The molecular weight excluding hydrogens is 290 g/mol. The van der Waals surface area contributed by atoms with Gasteiger partial charge in [0.05, 0.1) is 0 Å². The van der Waals surface area contributed by atoms with Gasteiger partial charge in [0, 0.05) is 18.0 Å². The molecule has 1 fully saturated rings. The Bertz CT molecular complexity index is 496. The van der Waals surface area contributed by atoms with E-state index in [1.807, 2.05) is 12.1 Å². The van der Waals surface area contributed by atoms with Crippen molar-refractivity contribution in [3.8, 4) is 0 Å². The molecule has 21 heavy (non-hydrogen) atoms. The van der Waals surface area contributed by atoms with E-state index in [0.29, 0.717) is 18.9 Å². The number of primary amides is 1. The fraction of sp³-hybridized carbons (Fsp3) is 0.467. The fourth-order valence-electron chi connectivity index (χ4n) is 2.68. The lowest BCUT2D eigenvalue weighted by molar-refractivity contribution is -0.120. The first-order chi connectivity index (χ1) is 10.0. The van der Waals surface area contributed by atoms with Crippen molar-refractivity contribution < 1.29 is 9.59 Å². The van der Waals surface area contributed by atoms with E-state index in [4.69, 9.17) is 17.3 Å². The average molecular weight is 310 g/mol. The molecule has 0 radical (unpaired) electrons. The Balaban J connectivity index is 1.74. The van der Waals surface area contributed by atoms with Gasteiger partial charge in [0.25, 0.3) is 0 Å². The Morgan fingerprint density at radius 1 is 1.24 bits per heavy atom. The van der Waals surface area contributed by atoms with Crippen LogP contribution in [0.15, 0.2) is 24.3 Å². The van der Waals surface area contributed by atoms with Crippen LogP contribution in [0.3, 0.4) is 0 Å². The van der Waals surface area contributed by atoms with Crippen LogP contribution in [0, 0.1) is 0 Å². The summed E-state index contributed by atoms with van der Waals surface area (Å²) in [4.78, 5) is 24.2. The van der Waals surface area contributed by atoms with E-state index >= 15 is 0 Å². The van der Waals surface area contributed by atoms with Crippen LogP contribution in [0.25, 0.3) is 0 Å². The summed E-state index contributed by atoms with van der Waals surface area (Å²) in [7, 11) is 0. The molecule has 1 heterocycles. The fourth-order valence-corrected chi connectivity index (χ4v) is 2.81. The van der Waals surface area contributed by atoms with Gasteiger partial charge in [0.2, 0.25) is 5.91 Å². The van der Waals surface area contributed by atoms with E-state index in [2.05, 4.69) is 22.3 Å². The third-order valence-corrected chi connectivity index (χ3v) is 4.10. The number of nitrogens with zero attached hydrogens (tertiary/aromatic N) is 1. The molecule has 1 aliphatic rings. The lowest BCUT2D eigenvalue weighted by Gasteiger charge is -2.32. The Labute approximate surface area is 129 Å². The van der Waals surface area contributed by atoms with E-state index in [-0.39, 0.29) is 5.91 Å². The summed E-state index contributed by atoms with van der Waals surface area (Å²) < 4.78 is 0. The van der Waals surface area contributed by atoms with E-state index in [1.165, 1.54) is 5.56 Å². The number of piperidine rings is 1. The monoisotopic (exact) mass is 309 g/mol. The second-order valence-electron chi connectivity index (χ2n) is 5.33. The molecule has 3 amide bonds. The largest absolute Gasteiger partial charge is 0.351 e. The molecule has 1 aliphatic heterocycles.